The van der Waals surface area contributed by atoms with Crippen molar-refractivity contribution >= 4 is 5.95 Å². The normalized spacial score (nSPS) is 11.3. The van der Waals surface area contributed by atoms with E-state index in [-0.39, 0.29) is 11.8 Å². The fourth-order valence-electron chi connectivity index (χ4n) is 0.863. The van der Waals surface area contributed by atoms with E-state index in [9.17, 15) is 13.2 Å². The van der Waals surface area contributed by atoms with Crippen molar-refractivity contribution in [2.24, 2.45) is 0 Å². The van der Waals surface area contributed by atoms with Crippen molar-refractivity contribution in [1.82, 2.24) is 9.97 Å². The minimum Gasteiger partial charge on any atom is -0.481 e. The quantitative estimate of drug-likeness (QED) is 0.759. The maximum absolute atomic E-state index is 12.4. The van der Waals surface area contributed by atoms with E-state index in [0.29, 0.717) is 0 Å². The molecule has 4 nitrogen and oxygen atoms in total. The number of methoxy groups -OCH3 is 1. The van der Waals surface area contributed by atoms with Crippen molar-refractivity contribution in [2.75, 3.05) is 26.1 Å². The number of ether oxygens (including phenoxy) is 1. The van der Waals surface area contributed by atoms with Gasteiger partial charge in [-0.25, -0.2) is 4.98 Å². The van der Waals surface area contributed by atoms with Crippen LogP contribution < -0.4 is 9.64 Å². The second-order valence-electron chi connectivity index (χ2n) is 2.99. The van der Waals surface area contributed by atoms with Gasteiger partial charge in [-0.2, -0.15) is 18.2 Å². The Hall–Kier alpha value is -1.53. The van der Waals surface area contributed by atoms with Crippen LogP contribution in [0.5, 0.6) is 5.88 Å². The van der Waals surface area contributed by atoms with Crippen molar-refractivity contribution in [3.05, 3.63) is 11.8 Å². The summed E-state index contributed by atoms with van der Waals surface area (Å²) < 4.78 is 41.8. The van der Waals surface area contributed by atoms with E-state index in [4.69, 9.17) is 0 Å². The van der Waals surface area contributed by atoms with Gasteiger partial charge in [-0.1, -0.05) is 0 Å². The molecule has 1 aromatic rings. The molecule has 0 aliphatic heterocycles. The maximum Gasteiger partial charge on any atom is 0.433 e. The molecule has 0 saturated carbocycles. The summed E-state index contributed by atoms with van der Waals surface area (Å²) in [7, 11) is 4.35. The van der Waals surface area contributed by atoms with Gasteiger partial charge in [-0.05, 0) is 0 Å². The van der Waals surface area contributed by atoms with Gasteiger partial charge in [-0.3, -0.25) is 0 Å². The summed E-state index contributed by atoms with van der Waals surface area (Å²) in [5.74, 6) is -0.150. The predicted molar refractivity (Wildman–Crippen MR) is 47.9 cm³/mol. The van der Waals surface area contributed by atoms with E-state index in [2.05, 4.69) is 14.7 Å². The molecular weight excluding hydrogens is 211 g/mol. The fraction of sp³-hybridized carbons (Fsp3) is 0.500. The highest BCUT2D eigenvalue weighted by atomic mass is 19.4. The third-order valence-corrected chi connectivity index (χ3v) is 1.59. The monoisotopic (exact) mass is 221 g/mol. The first-order valence-electron chi connectivity index (χ1n) is 4.02. The summed E-state index contributed by atoms with van der Waals surface area (Å²) in [6.45, 7) is 0. The number of rotatable bonds is 2. The number of hydrogen-bond donors (Lipinski definition) is 0. The first-order valence-corrected chi connectivity index (χ1v) is 4.02. The van der Waals surface area contributed by atoms with Crippen molar-refractivity contribution < 1.29 is 17.9 Å². The van der Waals surface area contributed by atoms with Crippen LogP contribution in [0, 0.1) is 0 Å². The third-order valence-electron chi connectivity index (χ3n) is 1.59. The molecule has 1 heterocycles. The van der Waals surface area contributed by atoms with Crippen LogP contribution >= 0.6 is 0 Å². The molecule has 0 amide bonds. The molecule has 0 atom stereocenters. The molecule has 0 aromatic carbocycles. The van der Waals surface area contributed by atoms with Crippen molar-refractivity contribution in [1.29, 1.82) is 0 Å². The number of halogens is 3. The van der Waals surface area contributed by atoms with Crippen LogP contribution in [-0.4, -0.2) is 31.2 Å². The molecular formula is C8H10F3N3O. The molecule has 0 unspecified atom stereocenters. The van der Waals surface area contributed by atoms with Gasteiger partial charge in [0, 0.05) is 20.2 Å². The molecule has 0 bridgehead atoms. The third kappa shape index (κ3) is 2.71. The highest BCUT2D eigenvalue weighted by Gasteiger charge is 2.34. The molecule has 7 heteroatoms. The van der Waals surface area contributed by atoms with E-state index >= 15 is 0 Å². The van der Waals surface area contributed by atoms with Crippen LogP contribution in [0.25, 0.3) is 0 Å². The van der Waals surface area contributed by atoms with Crippen molar-refractivity contribution in [3.63, 3.8) is 0 Å². The second-order valence-corrected chi connectivity index (χ2v) is 2.99. The molecule has 0 saturated heterocycles. The summed E-state index contributed by atoms with van der Waals surface area (Å²) in [5.41, 5.74) is -1.02. The van der Waals surface area contributed by atoms with Gasteiger partial charge in [0.1, 0.15) is 0 Å². The summed E-state index contributed by atoms with van der Waals surface area (Å²) in [6, 6.07) is 0.757. The highest BCUT2D eigenvalue weighted by molar-refractivity contribution is 5.33. The fourth-order valence-corrected chi connectivity index (χ4v) is 0.863. The second kappa shape index (κ2) is 3.92. The average Bonchev–Trinajstić information content (AvgIpc) is 2.15. The zero-order valence-corrected chi connectivity index (χ0v) is 8.46. The lowest BCUT2D eigenvalue weighted by molar-refractivity contribution is -0.141. The van der Waals surface area contributed by atoms with Gasteiger partial charge in [0.15, 0.2) is 5.69 Å². The highest BCUT2D eigenvalue weighted by Crippen LogP contribution is 2.30. The molecule has 0 aliphatic carbocycles. The van der Waals surface area contributed by atoms with Crippen LogP contribution in [0.3, 0.4) is 0 Å². The topological polar surface area (TPSA) is 38.2 Å². The number of aromatic nitrogens is 2. The van der Waals surface area contributed by atoms with Gasteiger partial charge in [0.25, 0.3) is 0 Å². The van der Waals surface area contributed by atoms with Crippen molar-refractivity contribution in [2.45, 2.75) is 6.18 Å². The molecule has 0 spiro atoms. The van der Waals surface area contributed by atoms with Crippen LogP contribution in [0.1, 0.15) is 5.69 Å². The van der Waals surface area contributed by atoms with E-state index in [1.165, 1.54) is 12.0 Å². The number of anilines is 1. The number of nitrogens with zero attached hydrogens (tertiary/aromatic N) is 3. The van der Waals surface area contributed by atoms with E-state index in [1.54, 1.807) is 14.1 Å². The molecule has 84 valence electrons. The Morgan fingerprint density at radius 1 is 1.27 bits per heavy atom. The molecule has 0 N–H and O–H groups in total. The lowest BCUT2D eigenvalue weighted by atomic mass is 10.4. The summed E-state index contributed by atoms with van der Waals surface area (Å²) in [6.07, 6.45) is -4.50. The minimum atomic E-state index is -4.50. The Kier molecular flexibility index (Phi) is 3.01. The largest absolute Gasteiger partial charge is 0.481 e. The molecule has 15 heavy (non-hydrogen) atoms. The molecule has 0 aliphatic rings. The number of alkyl halides is 3. The van der Waals surface area contributed by atoms with Gasteiger partial charge >= 0.3 is 6.18 Å². The first-order chi connectivity index (χ1) is 6.84. The lowest BCUT2D eigenvalue weighted by Crippen LogP contribution is -2.17. The Morgan fingerprint density at radius 2 is 1.87 bits per heavy atom. The number of hydrogen-bond acceptors (Lipinski definition) is 4. The maximum atomic E-state index is 12.4. The molecule has 1 rings (SSSR count). The summed E-state index contributed by atoms with van der Waals surface area (Å²) in [4.78, 5) is 8.49. The zero-order chi connectivity index (χ0) is 11.6. The standard InChI is InChI=1S/C8H10F3N3O/c1-14(2)7-12-5(8(9,10)11)4-6(13-7)15-3/h4H,1-3H3. The van der Waals surface area contributed by atoms with Crippen LogP contribution in [-0.2, 0) is 6.18 Å². The summed E-state index contributed by atoms with van der Waals surface area (Å²) in [5, 5.41) is 0. The van der Waals surface area contributed by atoms with E-state index < -0.39 is 11.9 Å². The van der Waals surface area contributed by atoms with Crippen LogP contribution in [0.2, 0.25) is 0 Å². The minimum absolute atomic E-state index is 0.0401. The van der Waals surface area contributed by atoms with Crippen LogP contribution in [0.15, 0.2) is 6.07 Å². The van der Waals surface area contributed by atoms with E-state index in [1.807, 2.05) is 0 Å². The van der Waals surface area contributed by atoms with E-state index in [0.717, 1.165) is 6.07 Å². The Labute approximate surface area is 84.7 Å². The van der Waals surface area contributed by atoms with Gasteiger partial charge in [-0.15, -0.1) is 0 Å². The molecule has 0 radical (unpaired) electrons. The SMILES string of the molecule is COc1cc(C(F)(F)F)nc(N(C)C)n1. The Balaban J connectivity index is 3.23. The Bertz CT molecular complexity index is 351. The first kappa shape index (κ1) is 11.5. The van der Waals surface area contributed by atoms with Gasteiger partial charge in [0.2, 0.25) is 11.8 Å². The van der Waals surface area contributed by atoms with Crippen LogP contribution in [0.4, 0.5) is 19.1 Å². The van der Waals surface area contributed by atoms with Crippen molar-refractivity contribution in [3.8, 4) is 5.88 Å². The lowest BCUT2D eigenvalue weighted by Gasteiger charge is -2.13. The summed E-state index contributed by atoms with van der Waals surface area (Å²) >= 11 is 0. The van der Waals surface area contributed by atoms with Gasteiger partial charge in [0.05, 0.1) is 7.11 Å². The molecule has 0 fully saturated rings. The molecule has 1 aromatic heterocycles. The average molecular weight is 221 g/mol. The smallest absolute Gasteiger partial charge is 0.433 e. The predicted octanol–water partition coefficient (Wildman–Crippen LogP) is 1.57. The zero-order valence-electron chi connectivity index (χ0n) is 8.46. The van der Waals surface area contributed by atoms with Gasteiger partial charge < -0.3 is 9.64 Å². The Morgan fingerprint density at radius 3 is 2.27 bits per heavy atom.